The average molecular weight is 295 g/mol. The van der Waals surface area contributed by atoms with Crippen LogP contribution in [0.25, 0.3) is 0 Å². The van der Waals surface area contributed by atoms with E-state index in [0.717, 1.165) is 24.3 Å². The standard InChI is InChI=1S/C15H21NO3S/c1-2-19-12-5-3-9-16(11-12)15(18)8-7-13(17)14-6-4-10-20-14/h4,6,10,12H,2-3,5,7-9,11H2,1H3. The number of thiophene rings is 1. The number of hydrogen-bond acceptors (Lipinski definition) is 4. The van der Waals surface area contributed by atoms with Gasteiger partial charge in [-0.2, -0.15) is 0 Å². The van der Waals surface area contributed by atoms with Crippen LogP contribution in [-0.4, -0.2) is 42.4 Å². The second kappa shape index (κ2) is 7.55. The summed E-state index contributed by atoms with van der Waals surface area (Å²) >= 11 is 1.43. The molecule has 4 nitrogen and oxygen atoms in total. The highest BCUT2D eigenvalue weighted by molar-refractivity contribution is 7.12. The molecule has 0 saturated carbocycles. The zero-order valence-corrected chi connectivity index (χ0v) is 12.7. The van der Waals surface area contributed by atoms with Crippen molar-refractivity contribution in [3.05, 3.63) is 22.4 Å². The van der Waals surface area contributed by atoms with Gasteiger partial charge in [0, 0.05) is 32.5 Å². The molecule has 2 heterocycles. The van der Waals surface area contributed by atoms with Crippen LogP contribution in [-0.2, 0) is 9.53 Å². The van der Waals surface area contributed by atoms with Crippen LogP contribution in [0, 0.1) is 0 Å². The van der Waals surface area contributed by atoms with Crippen molar-refractivity contribution in [3.8, 4) is 0 Å². The van der Waals surface area contributed by atoms with E-state index in [2.05, 4.69) is 0 Å². The molecule has 0 spiro atoms. The van der Waals surface area contributed by atoms with Crippen molar-refractivity contribution in [2.75, 3.05) is 19.7 Å². The van der Waals surface area contributed by atoms with Crippen LogP contribution in [0.4, 0.5) is 0 Å². The molecule has 1 aliphatic heterocycles. The van der Waals surface area contributed by atoms with Crippen LogP contribution < -0.4 is 0 Å². The van der Waals surface area contributed by atoms with Crippen LogP contribution in [0.15, 0.2) is 17.5 Å². The quantitative estimate of drug-likeness (QED) is 0.758. The van der Waals surface area contributed by atoms with E-state index in [1.165, 1.54) is 11.3 Å². The minimum absolute atomic E-state index is 0.0618. The summed E-state index contributed by atoms with van der Waals surface area (Å²) in [6.07, 6.45) is 2.76. The predicted octanol–water partition coefficient (Wildman–Crippen LogP) is 2.74. The monoisotopic (exact) mass is 295 g/mol. The maximum absolute atomic E-state index is 12.1. The first-order valence-electron chi connectivity index (χ1n) is 7.16. The lowest BCUT2D eigenvalue weighted by atomic mass is 10.1. The highest BCUT2D eigenvalue weighted by atomic mass is 32.1. The predicted molar refractivity (Wildman–Crippen MR) is 79.1 cm³/mol. The SMILES string of the molecule is CCOC1CCCN(C(=O)CCC(=O)c2cccs2)C1. The number of likely N-dealkylation sites (tertiary alicyclic amines) is 1. The van der Waals surface area contributed by atoms with Gasteiger partial charge in [-0.3, -0.25) is 9.59 Å². The Morgan fingerprint density at radius 2 is 2.30 bits per heavy atom. The fourth-order valence-corrected chi connectivity index (χ4v) is 3.17. The van der Waals surface area contributed by atoms with E-state index in [1.807, 2.05) is 29.3 Å². The molecule has 1 unspecified atom stereocenters. The molecule has 1 saturated heterocycles. The summed E-state index contributed by atoms with van der Waals surface area (Å²) in [4.78, 5) is 26.6. The van der Waals surface area contributed by atoms with Crippen molar-refractivity contribution in [1.29, 1.82) is 0 Å². The van der Waals surface area contributed by atoms with Crippen molar-refractivity contribution >= 4 is 23.0 Å². The molecule has 110 valence electrons. The molecule has 1 atom stereocenters. The van der Waals surface area contributed by atoms with Gasteiger partial charge in [0.1, 0.15) is 0 Å². The summed E-state index contributed by atoms with van der Waals surface area (Å²) in [5.74, 6) is 0.131. The Balaban J connectivity index is 1.78. The zero-order valence-electron chi connectivity index (χ0n) is 11.8. The molecule has 0 N–H and O–H groups in total. The molecule has 1 aliphatic rings. The van der Waals surface area contributed by atoms with Gasteiger partial charge in [-0.15, -0.1) is 11.3 Å². The first-order chi connectivity index (χ1) is 9.70. The van der Waals surface area contributed by atoms with Gasteiger partial charge in [0.2, 0.25) is 5.91 Å². The first-order valence-corrected chi connectivity index (χ1v) is 8.04. The molecule has 2 rings (SSSR count). The largest absolute Gasteiger partial charge is 0.377 e. The minimum atomic E-state index is 0.0618. The molecule has 1 fully saturated rings. The summed E-state index contributed by atoms with van der Waals surface area (Å²) in [5.41, 5.74) is 0. The zero-order chi connectivity index (χ0) is 14.4. The molecule has 0 radical (unpaired) electrons. The van der Waals surface area contributed by atoms with Crippen molar-refractivity contribution in [2.24, 2.45) is 0 Å². The molecule has 1 aromatic heterocycles. The van der Waals surface area contributed by atoms with E-state index in [-0.39, 0.29) is 17.8 Å². The summed E-state index contributed by atoms with van der Waals surface area (Å²) in [7, 11) is 0. The smallest absolute Gasteiger partial charge is 0.223 e. The number of ketones is 1. The van der Waals surface area contributed by atoms with E-state index in [4.69, 9.17) is 4.74 Å². The van der Waals surface area contributed by atoms with Crippen LogP contribution in [0.2, 0.25) is 0 Å². The second-order valence-electron chi connectivity index (χ2n) is 4.96. The van der Waals surface area contributed by atoms with E-state index in [1.54, 1.807) is 0 Å². The Bertz CT molecular complexity index is 442. The third kappa shape index (κ3) is 4.15. The summed E-state index contributed by atoms with van der Waals surface area (Å²) < 4.78 is 5.59. The number of piperidine rings is 1. The Labute approximate surface area is 123 Å². The molecule has 5 heteroatoms. The second-order valence-corrected chi connectivity index (χ2v) is 5.91. The fourth-order valence-electron chi connectivity index (χ4n) is 2.48. The van der Waals surface area contributed by atoms with Gasteiger partial charge < -0.3 is 9.64 Å². The van der Waals surface area contributed by atoms with Gasteiger partial charge in [-0.1, -0.05) is 6.07 Å². The molecule has 1 amide bonds. The number of Topliss-reactive ketones (excluding diaryl/α,β-unsaturated/α-hetero) is 1. The van der Waals surface area contributed by atoms with Gasteiger partial charge in [0.15, 0.2) is 5.78 Å². The molecule has 0 aromatic carbocycles. The molecule has 0 bridgehead atoms. The lowest BCUT2D eigenvalue weighted by Crippen LogP contribution is -2.43. The fraction of sp³-hybridized carbons (Fsp3) is 0.600. The summed E-state index contributed by atoms with van der Waals surface area (Å²) in [6, 6.07) is 3.67. The van der Waals surface area contributed by atoms with Crippen molar-refractivity contribution in [1.82, 2.24) is 4.90 Å². The van der Waals surface area contributed by atoms with Gasteiger partial charge in [0.05, 0.1) is 11.0 Å². The third-order valence-electron chi connectivity index (χ3n) is 3.50. The topological polar surface area (TPSA) is 46.6 Å². The third-order valence-corrected chi connectivity index (χ3v) is 4.41. The van der Waals surface area contributed by atoms with Crippen LogP contribution in [0.3, 0.4) is 0 Å². The van der Waals surface area contributed by atoms with E-state index in [9.17, 15) is 9.59 Å². The average Bonchev–Trinajstić information content (AvgIpc) is 2.99. The highest BCUT2D eigenvalue weighted by Crippen LogP contribution is 2.16. The van der Waals surface area contributed by atoms with E-state index >= 15 is 0 Å². The number of carbonyl (C=O) groups is 2. The van der Waals surface area contributed by atoms with Gasteiger partial charge >= 0.3 is 0 Å². The Hall–Kier alpha value is -1.20. The normalized spacial score (nSPS) is 19.1. The Morgan fingerprint density at radius 3 is 3.00 bits per heavy atom. The number of carbonyl (C=O) groups excluding carboxylic acids is 2. The first kappa shape index (κ1) is 15.2. The van der Waals surface area contributed by atoms with Crippen molar-refractivity contribution in [3.63, 3.8) is 0 Å². The molecule has 1 aromatic rings. The molecule has 20 heavy (non-hydrogen) atoms. The van der Waals surface area contributed by atoms with Crippen LogP contribution in [0.1, 0.15) is 42.3 Å². The maximum atomic E-state index is 12.1. The van der Waals surface area contributed by atoms with Crippen molar-refractivity contribution < 1.29 is 14.3 Å². The van der Waals surface area contributed by atoms with E-state index in [0.29, 0.717) is 26.0 Å². The Morgan fingerprint density at radius 1 is 1.45 bits per heavy atom. The number of nitrogens with zero attached hydrogens (tertiary/aromatic N) is 1. The van der Waals surface area contributed by atoms with E-state index < -0.39 is 0 Å². The molecular weight excluding hydrogens is 274 g/mol. The number of hydrogen-bond donors (Lipinski definition) is 0. The van der Waals surface area contributed by atoms with Crippen LogP contribution in [0.5, 0.6) is 0 Å². The van der Waals surface area contributed by atoms with Gasteiger partial charge in [-0.05, 0) is 31.2 Å². The van der Waals surface area contributed by atoms with Gasteiger partial charge in [-0.25, -0.2) is 0 Å². The maximum Gasteiger partial charge on any atom is 0.223 e. The number of rotatable bonds is 6. The number of amides is 1. The summed E-state index contributed by atoms with van der Waals surface area (Å²) in [6.45, 7) is 4.11. The lowest BCUT2D eigenvalue weighted by molar-refractivity contribution is -0.135. The Kier molecular flexibility index (Phi) is 5.73. The molecule has 0 aliphatic carbocycles. The highest BCUT2D eigenvalue weighted by Gasteiger charge is 2.24. The van der Waals surface area contributed by atoms with Crippen molar-refractivity contribution in [2.45, 2.75) is 38.7 Å². The lowest BCUT2D eigenvalue weighted by Gasteiger charge is -2.32. The number of ether oxygens (including phenoxy) is 1. The van der Waals surface area contributed by atoms with Crippen LogP contribution >= 0.6 is 11.3 Å². The minimum Gasteiger partial charge on any atom is -0.377 e. The van der Waals surface area contributed by atoms with Gasteiger partial charge in [0.25, 0.3) is 0 Å². The molecular formula is C15H21NO3S. The summed E-state index contributed by atoms with van der Waals surface area (Å²) in [5, 5.41) is 1.88.